The van der Waals surface area contributed by atoms with Gasteiger partial charge in [0.25, 0.3) is 17.7 Å². The Balaban J connectivity index is 3.47. The highest BCUT2D eigenvalue weighted by atomic mass is 35.5. The SMILES string of the molecule is CC(C)S(=O)(=O)S(=O)(=O)c1cscc1Cl. The van der Waals surface area contributed by atoms with Gasteiger partial charge in [0.15, 0.2) is 0 Å². The van der Waals surface area contributed by atoms with E-state index in [9.17, 15) is 16.8 Å². The van der Waals surface area contributed by atoms with E-state index >= 15 is 0 Å². The van der Waals surface area contributed by atoms with Crippen LogP contribution in [0.1, 0.15) is 13.8 Å². The highest BCUT2D eigenvalue weighted by Crippen LogP contribution is 2.30. The molecule has 0 unspecified atom stereocenters. The molecule has 0 spiro atoms. The molecule has 0 aliphatic rings. The molecule has 0 aromatic carbocycles. The van der Waals surface area contributed by atoms with Crippen molar-refractivity contribution >= 4 is 40.7 Å². The molecule has 0 radical (unpaired) electrons. The Bertz CT molecular complexity index is 553. The summed E-state index contributed by atoms with van der Waals surface area (Å²) >= 11 is 6.65. The molecule has 1 rings (SSSR count). The molecule has 0 amide bonds. The van der Waals surface area contributed by atoms with E-state index in [-0.39, 0.29) is 9.92 Å². The molecule has 0 aliphatic heterocycles. The lowest BCUT2D eigenvalue weighted by Crippen LogP contribution is -2.24. The molecule has 1 aromatic rings. The lowest BCUT2D eigenvalue weighted by Gasteiger charge is -2.07. The summed E-state index contributed by atoms with van der Waals surface area (Å²) in [5.41, 5.74) is 0. The first kappa shape index (κ1) is 13.0. The van der Waals surface area contributed by atoms with Crippen LogP contribution < -0.4 is 0 Å². The summed E-state index contributed by atoms with van der Waals surface area (Å²) in [4.78, 5) is -0.331. The van der Waals surface area contributed by atoms with Gasteiger partial charge in [0.05, 0.1) is 10.3 Å². The third kappa shape index (κ3) is 2.06. The Hall–Kier alpha value is -0.110. The minimum atomic E-state index is -4.37. The van der Waals surface area contributed by atoms with Crippen LogP contribution in [0, 0.1) is 0 Å². The average molecular weight is 289 g/mol. The molecule has 1 aromatic heterocycles. The van der Waals surface area contributed by atoms with Gasteiger partial charge in [-0.25, -0.2) is 16.8 Å². The fourth-order valence-electron chi connectivity index (χ4n) is 0.827. The summed E-state index contributed by atoms with van der Waals surface area (Å²) in [7, 11) is -8.60. The summed E-state index contributed by atoms with van der Waals surface area (Å²) in [6.07, 6.45) is 0. The molecule has 0 bridgehead atoms. The quantitative estimate of drug-likeness (QED) is 0.797. The van der Waals surface area contributed by atoms with E-state index in [0.717, 1.165) is 11.3 Å². The Labute approximate surface area is 97.1 Å². The van der Waals surface area contributed by atoms with Gasteiger partial charge in [-0.1, -0.05) is 11.6 Å². The molecule has 86 valence electrons. The van der Waals surface area contributed by atoms with Crippen molar-refractivity contribution in [3.05, 3.63) is 15.8 Å². The van der Waals surface area contributed by atoms with Crippen LogP contribution >= 0.6 is 22.9 Å². The highest BCUT2D eigenvalue weighted by Gasteiger charge is 2.36. The van der Waals surface area contributed by atoms with Crippen LogP contribution in [-0.4, -0.2) is 22.1 Å². The average Bonchev–Trinajstić information content (AvgIpc) is 2.51. The maximum Gasteiger partial charge on any atom is 0.284 e. The Kier molecular flexibility index (Phi) is 3.49. The van der Waals surface area contributed by atoms with Gasteiger partial charge < -0.3 is 0 Å². The zero-order valence-corrected chi connectivity index (χ0v) is 11.2. The summed E-state index contributed by atoms with van der Waals surface area (Å²) in [6, 6.07) is 0. The maximum absolute atomic E-state index is 11.7. The molecular weight excluding hydrogens is 280 g/mol. The Morgan fingerprint density at radius 3 is 2.07 bits per heavy atom. The lowest BCUT2D eigenvalue weighted by atomic mass is 10.6. The summed E-state index contributed by atoms with van der Waals surface area (Å²) in [5.74, 6) is 0. The fraction of sp³-hybridized carbons (Fsp3) is 0.429. The molecule has 0 fully saturated rings. The van der Waals surface area contributed by atoms with Gasteiger partial charge in [-0.15, -0.1) is 11.3 Å². The second-order valence-electron chi connectivity index (χ2n) is 3.08. The molecule has 8 heteroatoms. The first-order valence-corrected chi connectivity index (χ1v) is 8.78. The van der Waals surface area contributed by atoms with Gasteiger partial charge in [0.2, 0.25) is 0 Å². The molecule has 0 N–H and O–H groups in total. The van der Waals surface area contributed by atoms with Crippen molar-refractivity contribution in [2.24, 2.45) is 0 Å². The van der Waals surface area contributed by atoms with Gasteiger partial charge in [-0.2, -0.15) is 0 Å². The third-order valence-corrected chi connectivity index (χ3v) is 9.35. The first-order chi connectivity index (χ1) is 6.71. The minimum Gasteiger partial charge on any atom is -0.212 e. The smallest absolute Gasteiger partial charge is 0.212 e. The summed E-state index contributed by atoms with van der Waals surface area (Å²) in [6.45, 7) is 2.63. The molecule has 15 heavy (non-hydrogen) atoms. The predicted octanol–water partition coefficient (Wildman–Crippen LogP) is 1.91. The van der Waals surface area contributed by atoms with Gasteiger partial charge in [0, 0.05) is 10.8 Å². The predicted molar refractivity (Wildman–Crippen MR) is 60.6 cm³/mol. The Morgan fingerprint density at radius 2 is 1.73 bits per heavy atom. The van der Waals surface area contributed by atoms with Gasteiger partial charge in [0.1, 0.15) is 4.90 Å². The zero-order chi connectivity index (χ0) is 11.9. The van der Waals surface area contributed by atoms with Gasteiger partial charge in [-0.05, 0) is 13.8 Å². The standard InChI is InChI=1S/C7H9ClO4S3/c1-5(2)14(9,10)15(11,12)7-4-13-3-6(7)8/h3-5H,1-2H3. The zero-order valence-electron chi connectivity index (χ0n) is 7.97. The van der Waals surface area contributed by atoms with E-state index in [0.29, 0.717) is 0 Å². The molecule has 0 saturated heterocycles. The first-order valence-electron chi connectivity index (χ1n) is 3.92. The number of hydrogen-bond acceptors (Lipinski definition) is 5. The lowest BCUT2D eigenvalue weighted by molar-refractivity contribution is 0.578. The van der Waals surface area contributed by atoms with E-state index < -0.39 is 23.0 Å². The number of halogens is 1. The minimum absolute atomic E-state index is 0.0516. The van der Waals surface area contributed by atoms with Crippen molar-refractivity contribution in [1.29, 1.82) is 0 Å². The van der Waals surface area contributed by atoms with Crippen molar-refractivity contribution in [2.45, 2.75) is 24.0 Å². The van der Waals surface area contributed by atoms with Crippen molar-refractivity contribution in [2.75, 3.05) is 0 Å². The van der Waals surface area contributed by atoms with E-state index in [1.54, 1.807) is 0 Å². The summed E-state index contributed by atoms with van der Waals surface area (Å²) < 4.78 is 46.5. The van der Waals surface area contributed by atoms with Crippen LogP contribution in [0.3, 0.4) is 0 Å². The molecule has 4 nitrogen and oxygen atoms in total. The van der Waals surface area contributed by atoms with E-state index in [4.69, 9.17) is 11.6 Å². The second-order valence-corrected chi connectivity index (χ2v) is 10.2. The van der Waals surface area contributed by atoms with E-state index in [1.807, 2.05) is 0 Å². The molecular formula is C7H9ClO4S3. The van der Waals surface area contributed by atoms with Crippen molar-refractivity contribution in [3.8, 4) is 0 Å². The van der Waals surface area contributed by atoms with E-state index in [1.165, 1.54) is 24.6 Å². The molecule has 1 heterocycles. The number of thiophene rings is 1. The summed E-state index contributed by atoms with van der Waals surface area (Å²) in [5, 5.41) is 1.56. The molecule has 0 saturated carbocycles. The largest absolute Gasteiger partial charge is 0.284 e. The van der Waals surface area contributed by atoms with Crippen LogP contribution in [0.15, 0.2) is 15.7 Å². The van der Waals surface area contributed by atoms with Crippen LogP contribution in [0.25, 0.3) is 0 Å². The topological polar surface area (TPSA) is 68.3 Å². The number of rotatable bonds is 3. The van der Waals surface area contributed by atoms with E-state index in [2.05, 4.69) is 0 Å². The highest BCUT2D eigenvalue weighted by molar-refractivity contribution is 8.67. The van der Waals surface area contributed by atoms with Crippen LogP contribution in [0.4, 0.5) is 0 Å². The maximum atomic E-state index is 11.7. The number of hydrogen-bond donors (Lipinski definition) is 0. The molecule has 0 aliphatic carbocycles. The van der Waals surface area contributed by atoms with Crippen LogP contribution in [0.5, 0.6) is 0 Å². The fourth-order valence-corrected chi connectivity index (χ4v) is 6.77. The van der Waals surface area contributed by atoms with Crippen LogP contribution in [-0.2, 0) is 17.7 Å². The van der Waals surface area contributed by atoms with Gasteiger partial charge >= 0.3 is 0 Å². The molecule has 0 atom stereocenters. The second kappa shape index (κ2) is 4.04. The van der Waals surface area contributed by atoms with Crippen LogP contribution in [0.2, 0.25) is 5.02 Å². The van der Waals surface area contributed by atoms with Crippen molar-refractivity contribution in [1.82, 2.24) is 0 Å². The third-order valence-electron chi connectivity index (χ3n) is 1.73. The normalized spacial score (nSPS) is 13.3. The Morgan fingerprint density at radius 1 is 1.20 bits per heavy atom. The van der Waals surface area contributed by atoms with Crippen molar-refractivity contribution < 1.29 is 16.8 Å². The van der Waals surface area contributed by atoms with Gasteiger partial charge in [-0.3, -0.25) is 0 Å². The van der Waals surface area contributed by atoms with Crippen molar-refractivity contribution in [3.63, 3.8) is 0 Å². The monoisotopic (exact) mass is 288 g/mol.